The molecule has 0 aliphatic carbocycles. The third-order valence-electron chi connectivity index (χ3n) is 3.70. The van der Waals surface area contributed by atoms with Crippen LogP contribution in [0.3, 0.4) is 0 Å². The number of hydrogen-bond acceptors (Lipinski definition) is 4. The van der Waals surface area contributed by atoms with Crippen LogP contribution in [-0.2, 0) is 13.0 Å². The summed E-state index contributed by atoms with van der Waals surface area (Å²) in [6, 6.07) is 2.15. The number of rotatable bonds is 5. The molecule has 3 N–H and O–H groups in total. The van der Waals surface area contributed by atoms with Crippen LogP contribution in [0.5, 0.6) is 0 Å². The van der Waals surface area contributed by atoms with Crippen molar-refractivity contribution in [1.82, 2.24) is 30.0 Å². The van der Waals surface area contributed by atoms with Gasteiger partial charge in [0.25, 0.3) is 5.56 Å². The third kappa shape index (κ3) is 3.24. The lowest BCUT2D eigenvalue weighted by Gasteiger charge is -2.07. The number of H-pyrrole nitrogens is 3. The van der Waals surface area contributed by atoms with E-state index in [1.807, 2.05) is 14.1 Å². The number of aryl methyl sites for hydroxylation is 1. The largest absolute Gasteiger partial charge is 0.362 e. The topological polar surface area (TPSA) is 93.5 Å². The minimum absolute atomic E-state index is 0.192. The number of aromatic nitrogens is 5. The van der Waals surface area contributed by atoms with E-state index in [0.29, 0.717) is 17.7 Å². The van der Waals surface area contributed by atoms with Gasteiger partial charge in [0.2, 0.25) is 0 Å². The lowest BCUT2D eigenvalue weighted by atomic mass is 10.1. The monoisotopic (exact) mass is 312 g/mol. The highest BCUT2D eigenvalue weighted by Crippen LogP contribution is 2.20. The van der Waals surface area contributed by atoms with Gasteiger partial charge in [0.05, 0.1) is 17.0 Å². The standard InChI is InChI=1S/C16H20N6O/c1-10-11(9-22(2)3)6-12(20-10)7-14-15(18-5-4-17-14)13-8-19-21-16(13)23/h4-6,8,20H,7,9H2,1-3H3,(H2,19,21,23). The lowest BCUT2D eigenvalue weighted by Crippen LogP contribution is -2.10. The number of aromatic amines is 3. The minimum atomic E-state index is -0.192. The van der Waals surface area contributed by atoms with Crippen molar-refractivity contribution in [2.75, 3.05) is 14.1 Å². The molecule has 7 nitrogen and oxygen atoms in total. The van der Waals surface area contributed by atoms with E-state index in [4.69, 9.17) is 0 Å². The maximum absolute atomic E-state index is 11.8. The van der Waals surface area contributed by atoms with Gasteiger partial charge in [0.1, 0.15) is 0 Å². The molecular weight excluding hydrogens is 292 g/mol. The third-order valence-corrected chi connectivity index (χ3v) is 3.70. The summed E-state index contributed by atoms with van der Waals surface area (Å²) in [6.07, 6.45) is 5.47. The molecular formula is C16H20N6O. The van der Waals surface area contributed by atoms with Crippen LogP contribution in [0, 0.1) is 6.92 Å². The van der Waals surface area contributed by atoms with E-state index in [0.717, 1.165) is 23.6 Å². The summed E-state index contributed by atoms with van der Waals surface area (Å²) in [5.41, 5.74) is 5.17. The minimum Gasteiger partial charge on any atom is -0.362 e. The van der Waals surface area contributed by atoms with Gasteiger partial charge < -0.3 is 15.0 Å². The van der Waals surface area contributed by atoms with E-state index in [-0.39, 0.29) is 5.56 Å². The van der Waals surface area contributed by atoms with E-state index in [2.05, 4.69) is 43.0 Å². The molecule has 0 saturated carbocycles. The van der Waals surface area contributed by atoms with Gasteiger partial charge in [-0.2, -0.15) is 0 Å². The second kappa shape index (κ2) is 6.21. The van der Waals surface area contributed by atoms with Crippen molar-refractivity contribution in [2.45, 2.75) is 19.9 Å². The number of nitrogens with one attached hydrogen (secondary N) is 3. The Bertz CT molecular complexity index is 857. The van der Waals surface area contributed by atoms with Gasteiger partial charge in [-0.15, -0.1) is 0 Å². The Balaban J connectivity index is 1.93. The van der Waals surface area contributed by atoms with Gasteiger partial charge in [-0.3, -0.25) is 19.9 Å². The SMILES string of the molecule is Cc1[nH]c(Cc2nccnc2-c2c[nH][nH]c2=O)cc1CN(C)C. The van der Waals surface area contributed by atoms with Crippen LogP contribution in [0.25, 0.3) is 11.3 Å². The van der Waals surface area contributed by atoms with Gasteiger partial charge in [0, 0.05) is 42.9 Å². The zero-order valence-corrected chi connectivity index (χ0v) is 13.5. The first kappa shape index (κ1) is 15.2. The number of nitrogens with zero attached hydrogens (tertiary/aromatic N) is 3. The van der Waals surface area contributed by atoms with Crippen molar-refractivity contribution in [3.63, 3.8) is 0 Å². The highest BCUT2D eigenvalue weighted by atomic mass is 16.1. The van der Waals surface area contributed by atoms with Crippen molar-refractivity contribution >= 4 is 0 Å². The van der Waals surface area contributed by atoms with Crippen LogP contribution in [0.1, 0.15) is 22.6 Å². The first-order valence-corrected chi connectivity index (χ1v) is 7.43. The van der Waals surface area contributed by atoms with E-state index in [1.54, 1.807) is 18.6 Å². The zero-order valence-electron chi connectivity index (χ0n) is 13.5. The molecule has 7 heteroatoms. The second-order valence-electron chi connectivity index (χ2n) is 5.87. The average Bonchev–Trinajstić information content (AvgIpc) is 3.06. The molecule has 3 heterocycles. The molecule has 3 aromatic rings. The Morgan fingerprint density at radius 2 is 2.00 bits per heavy atom. The summed E-state index contributed by atoms with van der Waals surface area (Å²) in [4.78, 5) is 26.1. The lowest BCUT2D eigenvalue weighted by molar-refractivity contribution is 0.401. The summed E-state index contributed by atoms with van der Waals surface area (Å²) in [5.74, 6) is 0. The molecule has 3 aromatic heterocycles. The van der Waals surface area contributed by atoms with Gasteiger partial charge >= 0.3 is 0 Å². The molecule has 120 valence electrons. The van der Waals surface area contributed by atoms with Crippen molar-refractivity contribution < 1.29 is 0 Å². The fraction of sp³-hybridized carbons (Fsp3) is 0.312. The number of hydrogen-bond donors (Lipinski definition) is 3. The molecule has 0 aliphatic rings. The predicted octanol–water partition coefficient (Wildman–Crippen LogP) is 1.45. The van der Waals surface area contributed by atoms with Crippen LogP contribution in [0.4, 0.5) is 0 Å². The average molecular weight is 312 g/mol. The maximum atomic E-state index is 11.8. The van der Waals surface area contributed by atoms with Crippen molar-refractivity contribution in [1.29, 1.82) is 0 Å². The molecule has 0 aliphatic heterocycles. The van der Waals surface area contributed by atoms with Crippen LogP contribution in [-0.4, -0.2) is 44.1 Å². The van der Waals surface area contributed by atoms with Crippen molar-refractivity contribution in [3.05, 3.63) is 57.7 Å². The fourth-order valence-electron chi connectivity index (χ4n) is 2.66. The van der Waals surface area contributed by atoms with Crippen LogP contribution in [0.2, 0.25) is 0 Å². The molecule has 0 radical (unpaired) electrons. The molecule has 0 atom stereocenters. The summed E-state index contributed by atoms with van der Waals surface area (Å²) in [5, 5.41) is 5.24. The molecule has 0 aromatic carbocycles. The highest BCUT2D eigenvalue weighted by Gasteiger charge is 2.14. The van der Waals surface area contributed by atoms with Crippen molar-refractivity contribution in [3.8, 4) is 11.3 Å². The maximum Gasteiger partial charge on any atom is 0.273 e. The van der Waals surface area contributed by atoms with Gasteiger partial charge in [-0.05, 0) is 32.6 Å². The van der Waals surface area contributed by atoms with Crippen LogP contribution in [0.15, 0.2) is 29.5 Å². The van der Waals surface area contributed by atoms with Crippen LogP contribution >= 0.6 is 0 Å². The summed E-state index contributed by atoms with van der Waals surface area (Å²) in [7, 11) is 4.09. The smallest absolute Gasteiger partial charge is 0.273 e. The van der Waals surface area contributed by atoms with E-state index >= 15 is 0 Å². The van der Waals surface area contributed by atoms with Gasteiger partial charge in [0.15, 0.2) is 0 Å². The zero-order chi connectivity index (χ0) is 16.4. The summed E-state index contributed by atoms with van der Waals surface area (Å²) in [6.45, 7) is 2.95. The summed E-state index contributed by atoms with van der Waals surface area (Å²) < 4.78 is 0. The fourth-order valence-corrected chi connectivity index (χ4v) is 2.66. The molecule has 3 rings (SSSR count). The first-order chi connectivity index (χ1) is 11.0. The Morgan fingerprint density at radius 1 is 1.22 bits per heavy atom. The predicted molar refractivity (Wildman–Crippen MR) is 88.2 cm³/mol. The molecule has 0 amide bonds. The second-order valence-corrected chi connectivity index (χ2v) is 5.87. The molecule has 23 heavy (non-hydrogen) atoms. The van der Waals surface area contributed by atoms with Gasteiger partial charge in [-0.1, -0.05) is 0 Å². The first-order valence-electron chi connectivity index (χ1n) is 7.43. The van der Waals surface area contributed by atoms with E-state index in [9.17, 15) is 4.79 Å². The quantitative estimate of drug-likeness (QED) is 0.664. The molecule has 0 unspecified atom stereocenters. The normalized spacial score (nSPS) is 11.3. The van der Waals surface area contributed by atoms with E-state index in [1.165, 1.54) is 5.56 Å². The Morgan fingerprint density at radius 3 is 2.70 bits per heavy atom. The molecule has 0 fully saturated rings. The summed E-state index contributed by atoms with van der Waals surface area (Å²) >= 11 is 0. The van der Waals surface area contributed by atoms with Crippen LogP contribution < -0.4 is 5.56 Å². The molecule has 0 spiro atoms. The highest BCUT2D eigenvalue weighted by molar-refractivity contribution is 5.59. The Kier molecular flexibility index (Phi) is 4.12. The Labute approximate surface area is 133 Å². The van der Waals surface area contributed by atoms with Gasteiger partial charge in [-0.25, -0.2) is 0 Å². The van der Waals surface area contributed by atoms with Crippen molar-refractivity contribution in [2.24, 2.45) is 0 Å². The van der Waals surface area contributed by atoms with E-state index < -0.39 is 0 Å². The molecule has 0 saturated heterocycles. The Hall–Kier alpha value is -2.67. The molecule has 0 bridgehead atoms.